The maximum atomic E-state index is 11.1. The van der Waals surface area contributed by atoms with Crippen molar-refractivity contribution >= 4 is 11.9 Å². The van der Waals surface area contributed by atoms with Crippen LogP contribution in [0.4, 0.5) is 0 Å². The Bertz CT molecular complexity index is 256. The second kappa shape index (κ2) is 5.97. The average molecular weight is 199 g/mol. The van der Waals surface area contributed by atoms with Crippen molar-refractivity contribution < 1.29 is 19.1 Å². The molecule has 1 unspecified atom stereocenters. The molecule has 0 aliphatic carbocycles. The highest BCUT2D eigenvalue weighted by molar-refractivity contribution is 5.77. The van der Waals surface area contributed by atoms with Crippen LogP contribution in [0.3, 0.4) is 0 Å². The molecular weight excluding hydrogens is 186 g/mol. The van der Waals surface area contributed by atoms with Gasteiger partial charge in [0.2, 0.25) is 0 Å². The lowest BCUT2D eigenvalue weighted by atomic mass is 9.92. The van der Waals surface area contributed by atoms with Gasteiger partial charge in [0.1, 0.15) is 5.92 Å². The predicted molar refractivity (Wildman–Crippen MR) is 46.9 cm³/mol. The van der Waals surface area contributed by atoms with Gasteiger partial charge in [0.05, 0.1) is 20.3 Å². The lowest BCUT2D eigenvalue weighted by Gasteiger charge is -2.13. The van der Waals surface area contributed by atoms with E-state index in [1.54, 1.807) is 13.0 Å². The molecule has 0 fully saturated rings. The number of carbonyl (C=O) groups excluding carboxylic acids is 2. The number of hydrogen-bond donors (Lipinski definition) is 0. The third-order valence-electron chi connectivity index (χ3n) is 1.88. The maximum Gasteiger partial charge on any atom is 0.323 e. The van der Waals surface area contributed by atoms with E-state index in [0.717, 1.165) is 0 Å². The molecule has 0 saturated carbocycles. The number of nitriles is 1. The van der Waals surface area contributed by atoms with E-state index >= 15 is 0 Å². The second-order valence-electron chi connectivity index (χ2n) is 2.89. The first-order valence-electron chi connectivity index (χ1n) is 4.11. The normalized spacial score (nSPS) is 13.6. The Balaban J connectivity index is 4.33. The molecule has 0 spiro atoms. The van der Waals surface area contributed by atoms with Crippen LogP contribution in [0.15, 0.2) is 0 Å². The van der Waals surface area contributed by atoms with Crippen LogP contribution in [0.5, 0.6) is 0 Å². The molecule has 5 heteroatoms. The van der Waals surface area contributed by atoms with Gasteiger partial charge in [0.25, 0.3) is 0 Å². The zero-order valence-corrected chi connectivity index (χ0v) is 8.44. The van der Waals surface area contributed by atoms with Gasteiger partial charge in [-0.1, -0.05) is 6.92 Å². The van der Waals surface area contributed by atoms with Gasteiger partial charge < -0.3 is 9.47 Å². The van der Waals surface area contributed by atoms with Gasteiger partial charge in [-0.05, 0) is 5.92 Å². The summed E-state index contributed by atoms with van der Waals surface area (Å²) in [6.07, 6.45) is 0.0316. The van der Waals surface area contributed by atoms with E-state index in [2.05, 4.69) is 9.47 Å². The van der Waals surface area contributed by atoms with Crippen LogP contribution in [-0.2, 0) is 19.1 Å². The summed E-state index contributed by atoms with van der Waals surface area (Å²) in [4.78, 5) is 21.9. The van der Waals surface area contributed by atoms with Crippen molar-refractivity contribution in [3.63, 3.8) is 0 Å². The Kier molecular flexibility index (Phi) is 5.30. The van der Waals surface area contributed by atoms with Gasteiger partial charge in [-0.2, -0.15) is 5.26 Å². The topological polar surface area (TPSA) is 76.4 Å². The third-order valence-corrected chi connectivity index (χ3v) is 1.88. The van der Waals surface area contributed by atoms with E-state index in [1.165, 1.54) is 14.2 Å². The molecule has 5 nitrogen and oxygen atoms in total. The fraction of sp³-hybridized carbons (Fsp3) is 0.667. The Hall–Kier alpha value is -1.57. The molecular formula is C9H13NO4. The quantitative estimate of drug-likeness (QED) is 0.616. The summed E-state index contributed by atoms with van der Waals surface area (Å²) < 4.78 is 8.85. The van der Waals surface area contributed by atoms with Crippen LogP contribution < -0.4 is 0 Å². The van der Waals surface area contributed by atoms with Crippen molar-refractivity contribution in [3.8, 4) is 6.07 Å². The third kappa shape index (κ3) is 3.44. The highest BCUT2D eigenvalue weighted by Gasteiger charge is 2.27. The molecule has 0 bridgehead atoms. The minimum Gasteiger partial charge on any atom is -0.469 e. The smallest absolute Gasteiger partial charge is 0.323 e. The minimum atomic E-state index is -0.918. The van der Waals surface area contributed by atoms with Crippen molar-refractivity contribution in [1.82, 2.24) is 0 Å². The number of nitrogens with zero attached hydrogens (tertiary/aromatic N) is 1. The monoisotopic (exact) mass is 199 g/mol. The number of carbonyl (C=O) groups is 2. The molecule has 0 aliphatic heterocycles. The van der Waals surface area contributed by atoms with Crippen LogP contribution in [0, 0.1) is 23.2 Å². The van der Waals surface area contributed by atoms with Crippen molar-refractivity contribution in [2.45, 2.75) is 13.3 Å². The Morgan fingerprint density at radius 2 is 1.93 bits per heavy atom. The first-order chi connectivity index (χ1) is 6.56. The zero-order valence-electron chi connectivity index (χ0n) is 8.44. The van der Waals surface area contributed by atoms with Crippen molar-refractivity contribution in [3.05, 3.63) is 0 Å². The molecule has 0 saturated heterocycles. The standard InChI is InChI=1S/C9H13NO4/c1-6(4-8(11)13-2)7(5-10)9(12)14-3/h6-7H,4H2,1-3H3/t6-,7?/m0/s1. The summed E-state index contributed by atoms with van der Waals surface area (Å²) in [5.74, 6) is -2.38. The van der Waals surface area contributed by atoms with Crippen molar-refractivity contribution in [2.24, 2.45) is 11.8 Å². The SMILES string of the molecule is COC(=O)C[C@H](C)C(C#N)C(=O)OC. The van der Waals surface area contributed by atoms with Crippen LogP contribution in [-0.4, -0.2) is 26.2 Å². The molecule has 0 amide bonds. The predicted octanol–water partition coefficient (Wildman–Crippen LogP) is 0.498. The summed E-state index contributed by atoms with van der Waals surface area (Å²) in [7, 11) is 2.46. The zero-order chi connectivity index (χ0) is 11.1. The molecule has 78 valence electrons. The fourth-order valence-electron chi connectivity index (χ4n) is 1.00. The van der Waals surface area contributed by atoms with Gasteiger partial charge in [-0.3, -0.25) is 9.59 Å². The van der Waals surface area contributed by atoms with E-state index in [0.29, 0.717) is 0 Å². The lowest BCUT2D eigenvalue weighted by molar-refractivity contribution is -0.146. The Morgan fingerprint density at radius 1 is 1.36 bits per heavy atom. The average Bonchev–Trinajstić information content (AvgIpc) is 2.18. The van der Waals surface area contributed by atoms with Crippen molar-refractivity contribution in [2.75, 3.05) is 14.2 Å². The molecule has 0 aliphatic rings. The molecule has 2 atom stereocenters. The van der Waals surface area contributed by atoms with E-state index in [1.807, 2.05) is 0 Å². The number of rotatable bonds is 4. The molecule has 0 aromatic rings. The van der Waals surface area contributed by atoms with Gasteiger partial charge >= 0.3 is 11.9 Å². The van der Waals surface area contributed by atoms with Gasteiger partial charge in [-0.25, -0.2) is 0 Å². The molecule has 14 heavy (non-hydrogen) atoms. The van der Waals surface area contributed by atoms with Crippen LogP contribution >= 0.6 is 0 Å². The molecule has 0 rings (SSSR count). The van der Waals surface area contributed by atoms with Crippen molar-refractivity contribution in [1.29, 1.82) is 5.26 Å². The Labute approximate surface area is 82.6 Å². The fourth-order valence-corrected chi connectivity index (χ4v) is 1.00. The second-order valence-corrected chi connectivity index (χ2v) is 2.89. The summed E-state index contributed by atoms with van der Waals surface area (Å²) >= 11 is 0. The number of ether oxygens (including phenoxy) is 2. The Morgan fingerprint density at radius 3 is 2.29 bits per heavy atom. The molecule has 0 N–H and O–H groups in total. The summed E-state index contributed by atoms with van der Waals surface area (Å²) in [6.45, 7) is 1.63. The van der Waals surface area contributed by atoms with Crippen LogP contribution in [0.2, 0.25) is 0 Å². The highest BCUT2D eigenvalue weighted by atomic mass is 16.5. The number of hydrogen-bond acceptors (Lipinski definition) is 5. The van der Waals surface area contributed by atoms with E-state index in [4.69, 9.17) is 5.26 Å². The van der Waals surface area contributed by atoms with E-state index < -0.39 is 23.8 Å². The first kappa shape index (κ1) is 12.4. The molecule has 0 aromatic carbocycles. The summed E-state index contributed by atoms with van der Waals surface area (Å²) in [5, 5.41) is 8.68. The first-order valence-corrected chi connectivity index (χ1v) is 4.11. The summed E-state index contributed by atoms with van der Waals surface area (Å²) in [5.41, 5.74) is 0. The minimum absolute atomic E-state index is 0.0316. The number of methoxy groups -OCH3 is 2. The van der Waals surface area contributed by atoms with E-state index in [9.17, 15) is 9.59 Å². The van der Waals surface area contributed by atoms with Gasteiger partial charge in [-0.15, -0.1) is 0 Å². The largest absolute Gasteiger partial charge is 0.469 e. The van der Waals surface area contributed by atoms with Crippen LogP contribution in [0.25, 0.3) is 0 Å². The van der Waals surface area contributed by atoms with Gasteiger partial charge in [0.15, 0.2) is 0 Å². The number of esters is 2. The maximum absolute atomic E-state index is 11.1. The van der Waals surface area contributed by atoms with Crippen LogP contribution in [0.1, 0.15) is 13.3 Å². The van der Waals surface area contributed by atoms with Gasteiger partial charge in [0, 0.05) is 6.42 Å². The highest BCUT2D eigenvalue weighted by Crippen LogP contribution is 2.16. The molecule has 0 heterocycles. The lowest BCUT2D eigenvalue weighted by Crippen LogP contribution is -2.24. The molecule has 0 radical (unpaired) electrons. The molecule has 0 aromatic heterocycles. The summed E-state index contributed by atoms with van der Waals surface area (Å²) in [6, 6.07) is 1.80. The van der Waals surface area contributed by atoms with E-state index in [-0.39, 0.29) is 6.42 Å².